The number of amides is 1. The van der Waals surface area contributed by atoms with Gasteiger partial charge in [-0.05, 0) is 90.9 Å². The van der Waals surface area contributed by atoms with Crippen LogP contribution in [0.3, 0.4) is 0 Å². The van der Waals surface area contributed by atoms with Gasteiger partial charge < -0.3 is 10.6 Å². The number of piperidine rings is 1. The number of hydrogen-bond donors (Lipinski definition) is 2. The summed E-state index contributed by atoms with van der Waals surface area (Å²) in [6, 6.07) is 10.3. The fourth-order valence-electron chi connectivity index (χ4n) is 4.36. The number of rotatable bonds is 6. The number of anilines is 1. The van der Waals surface area contributed by atoms with E-state index in [1.54, 1.807) is 24.1 Å². The Morgan fingerprint density at radius 3 is 2.46 bits per heavy atom. The van der Waals surface area contributed by atoms with Crippen molar-refractivity contribution in [2.75, 3.05) is 25.5 Å². The summed E-state index contributed by atoms with van der Waals surface area (Å²) in [5, 5.41) is 8.04. The highest BCUT2D eigenvalue weighted by Gasteiger charge is 2.46. The number of halogens is 3. The number of aliphatic imine (C=N–C) groups is 1. The van der Waals surface area contributed by atoms with E-state index >= 15 is 0 Å². The Balaban J connectivity index is 1.39. The van der Waals surface area contributed by atoms with Gasteiger partial charge in [0, 0.05) is 36.3 Å². The Morgan fingerprint density at radius 1 is 1.14 bits per heavy atom. The minimum Gasteiger partial charge on any atom is -0.388 e. The van der Waals surface area contributed by atoms with Crippen molar-refractivity contribution in [1.82, 2.24) is 9.62 Å². The van der Waals surface area contributed by atoms with Gasteiger partial charge in [-0.15, -0.1) is 0 Å². The van der Waals surface area contributed by atoms with Crippen molar-refractivity contribution in [3.8, 4) is 0 Å². The van der Waals surface area contributed by atoms with Gasteiger partial charge in [-0.3, -0.25) is 9.79 Å². The van der Waals surface area contributed by atoms with Gasteiger partial charge in [-0.2, -0.15) is 13.2 Å². The van der Waals surface area contributed by atoms with Gasteiger partial charge in [0.1, 0.15) is 11.4 Å². The molecule has 1 saturated heterocycles. The van der Waals surface area contributed by atoms with Gasteiger partial charge in [0.2, 0.25) is 0 Å². The highest BCUT2D eigenvalue weighted by atomic mass is 32.2. The van der Waals surface area contributed by atoms with Gasteiger partial charge in [-0.1, -0.05) is 24.1 Å². The number of amidine groups is 1. The summed E-state index contributed by atoms with van der Waals surface area (Å²) in [4.78, 5) is 17.6. The minimum absolute atomic E-state index is 0.0666. The van der Waals surface area contributed by atoms with Gasteiger partial charge in [0.25, 0.3) is 5.91 Å². The summed E-state index contributed by atoms with van der Waals surface area (Å²) in [5.41, 5.74) is -0.0599. The lowest BCUT2D eigenvalue weighted by Gasteiger charge is -2.34. The molecule has 2 aromatic carbocycles. The van der Waals surface area contributed by atoms with E-state index in [0.717, 1.165) is 5.69 Å². The highest BCUT2D eigenvalue weighted by Crippen LogP contribution is 2.38. The molecule has 2 aliphatic rings. The Labute approximate surface area is 211 Å². The SMILES string of the molecule is CNc1cc(C)c(/C=C/SN2CCC3(CC2)N=C(c2cccc(SC(F)(F)F)c2)NC3=O)c(C)c1. The topological polar surface area (TPSA) is 56.7 Å². The molecule has 0 radical (unpaired) electrons. The predicted molar refractivity (Wildman–Crippen MR) is 139 cm³/mol. The monoisotopic (exact) mass is 520 g/mol. The number of benzene rings is 2. The van der Waals surface area contributed by atoms with Crippen LogP contribution in [-0.2, 0) is 4.79 Å². The third-order valence-corrected chi connectivity index (χ3v) is 7.84. The van der Waals surface area contributed by atoms with E-state index in [2.05, 4.69) is 57.4 Å². The lowest BCUT2D eigenvalue weighted by Crippen LogP contribution is -2.47. The predicted octanol–water partition coefficient (Wildman–Crippen LogP) is 5.99. The maximum absolute atomic E-state index is 12.8. The molecule has 1 amide bonds. The molecule has 2 aliphatic heterocycles. The third-order valence-electron chi connectivity index (χ3n) is 6.20. The molecule has 0 atom stereocenters. The van der Waals surface area contributed by atoms with Crippen LogP contribution in [0.4, 0.5) is 18.9 Å². The fourth-order valence-corrected chi connectivity index (χ4v) is 5.72. The zero-order valence-corrected chi connectivity index (χ0v) is 21.3. The van der Waals surface area contributed by atoms with Crippen LogP contribution >= 0.6 is 23.7 Å². The number of aryl methyl sites for hydroxylation is 2. The fraction of sp³-hybridized carbons (Fsp3) is 0.360. The lowest BCUT2D eigenvalue weighted by atomic mass is 9.89. The molecule has 0 unspecified atom stereocenters. The number of alkyl halides is 3. The number of nitrogens with zero attached hydrogens (tertiary/aromatic N) is 2. The van der Waals surface area contributed by atoms with Gasteiger partial charge >= 0.3 is 5.51 Å². The van der Waals surface area contributed by atoms with Crippen LogP contribution in [0.2, 0.25) is 0 Å². The summed E-state index contributed by atoms with van der Waals surface area (Å²) in [7, 11) is 1.91. The molecule has 0 bridgehead atoms. The van der Waals surface area contributed by atoms with E-state index < -0.39 is 11.0 Å². The van der Waals surface area contributed by atoms with E-state index in [0.29, 0.717) is 37.3 Å². The van der Waals surface area contributed by atoms with Crippen molar-refractivity contribution in [2.45, 2.75) is 42.6 Å². The molecule has 4 rings (SSSR count). The third kappa shape index (κ3) is 6.05. The highest BCUT2D eigenvalue weighted by molar-refractivity contribution is 8.00. The number of thioether (sulfide) groups is 1. The number of carbonyl (C=O) groups excluding carboxylic acids is 1. The van der Waals surface area contributed by atoms with E-state index in [4.69, 9.17) is 0 Å². The van der Waals surface area contributed by atoms with Crippen LogP contribution in [-0.4, -0.2) is 47.2 Å². The molecule has 0 aliphatic carbocycles. The van der Waals surface area contributed by atoms with E-state index in [-0.39, 0.29) is 22.6 Å². The van der Waals surface area contributed by atoms with Crippen molar-refractivity contribution < 1.29 is 18.0 Å². The first-order valence-electron chi connectivity index (χ1n) is 11.2. The molecule has 186 valence electrons. The van der Waals surface area contributed by atoms with Crippen molar-refractivity contribution >= 4 is 47.2 Å². The molecule has 2 heterocycles. The maximum Gasteiger partial charge on any atom is 0.446 e. The molecule has 1 spiro atoms. The van der Waals surface area contributed by atoms with Gasteiger partial charge in [-0.25, -0.2) is 4.31 Å². The minimum atomic E-state index is -4.37. The average Bonchev–Trinajstić information content (AvgIpc) is 3.11. The molecule has 10 heteroatoms. The summed E-state index contributed by atoms with van der Waals surface area (Å²) < 4.78 is 40.4. The number of carbonyl (C=O) groups is 1. The van der Waals surface area contributed by atoms with Crippen molar-refractivity contribution in [3.05, 3.63) is 64.1 Å². The lowest BCUT2D eigenvalue weighted by molar-refractivity contribution is -0.124. The normalized spacial score (nSPS) is 18.2. The van der Waals surface area contributed by atoms with E-state index in [9.17, 15) is 18.0 Å². The second-order valence-corrected chi connectivity index (χ2v) is 10.8. The van der Waals surface area contributed by atoms with Crippen LogP contribution in [0.25, 0.3) is 6.08 Å². The zero-order chi connectivity index (χ0) is 25.2. The summed E-state index contributed by atoms with van der Waals surface area (Å²) in [5.74, 6) is 0.161. The quantitative estimate of drug-likeness (QED) is 0.362. The molecule has 5 nitrogen and oxygen atoms in total. The first-order valence-corrected chi connectivity index (χ1v) is 12.9. The zero-order valence-electron chi connectivity index (χ0n) is 19.7. The standard InChI is InChI=1S/C25H27F3N4OS2/c1-16-13-19(29-3)14-17(2)21(16)7-12-34-32-10-8-24(9-11-32)23(33)30-22(31-24)18-5-4-6-20(15-18)35-25(26,27)28/h4-7,12-15,29H,8-11H2,1-3H3,(H,30,31,33)/b12-7+. The Kier molecular flexibility index (Phi) is 7.54. The Hall–Kier alpha value is -2.43. The van der Waals surface area contributed by atoms with Crippen LogP contribution in [0, 0.1) is 13.8 Å². The van der Waals surface area contributed by atoms with Gasteiger partial charge in [0.05, 0.1) is 0 Å². The molecule has 2 N–H and O–H groups in total. The second kappa shape index (κ2) is 10.3. The van der Waals surface area contributed by atoms with Crippen molar-refractivity contribution in [1.29, 1.82) is 0 Å². The van der Waals surface area contributed by atoms with Crippen LogP contribution in [0.15, 0.2) is 51.7 Å². The first kappa shape index (κ1) is 25.7. The van der Waals surface area contributed by atoms with E-state index in [1.165, 1.54) is 28.8 Å². The van der Waals surface area contributed by atoms with Crippen LogP contribution in [0.1, 0.15) is 35.1 Å². The number of hydrogen-bond acceptors (Lipinski definition) is 6. The molecule has 2 aromatic rings. The molecular formula is C25H27F3N4OS2. The molecule has 1 fully saturated rings. The molecule has 35 heavy (non-hydrogen) atoms. The van der Waals surface area contributed by atoms with Crippen molar-refractivity contribution in [2.24, 2.45) is 4.99 Å². The molecular weight excluding hydrogens is 493 g/mol. The van der Waals surface area contributed by atoms with Gasteiger partial charge in [0.15, 0.2) is 0 Å². The summed E-state index contributed by atoms with van der Waals surface area (Å²) >= 11 is 1.44. The summed E-state index contributed by atoms with van der Waals surface area (Å²) in [6.07, 6.45) is 3.22. The average molecular weight is 521 g/mol. The van der Waals surface area contributed by atoms with Crippen molar-refractivity contribution in [3.63, 3.8) is 0 Å². The van der Waals surface area contributed by atoms with E-state index in [1.807, 2.05) is 7.05 Å². The smallest absolute Gasteiger partial charge is 0.388 e. The molecule has 0 aromatic heterocycles. The Bertz CT molecular complexity index is 1150. The summed E-state index contributed by atoms with van der Waals surface area (Å²) in [6.45, 7) is 5.54. The Morgan fingerprint density at radius 2 is 1.83 bits per heavy atom. The van der Waals surface area contributed by atoms with Crippen LogP contribution in [0.5, 0.6) is 0 Å². The maximum atomic E-state index is 12.8. The second-order valence-electron chi connectivity index (χ2n) is 8.63. The molecule has 0 saturated carbocycles. The van der Waals surface area contributed by atoms with Crippen LogP contribution < -0.4 is 10.6 Å². The largest absolute Gasteiger partial charge is 0.446 e. The first-order chi connectivity index (χ1) is 16.6. The number of nitrogens with one attached hydrogen (secondary N) is 2.